The molecule has 1 N–H and O–H groups in total. The molecule has 0 radical (unpaired) electrons. The molecule has 5 nitrogen and oxygen atoms in total. The van der Waals surface area contributed by atoms with Crippen molar-refractivity contribution in [3.05, 3.63) is 70.1 Å². The second-order valence-electron chi connectivity index (χ2n) is 7.60. The van der Waals surface area contributed by atoms with Gasteiger partial charge in [0.15, 0.2) is 0 Å². The zero-order chi connectivity index (χ0) is 19.5. The summed E-state index contributed by atoms with van der Waals surface area (Å²) in [6, 6.07) is 16.5. The van der Waals surface area contributed by atoms with E-state index >= 15 is 0 Å². The second-order valence-corrected chi connectivity index (χ2v) is 7.60. The van der Waals surface area contributed by atoms with Crippen molar-refractivity contribution in [3.63, 3.8) is 0 Å². The van der Waals surface area contributed by atoms with Gasteiger partial charge in [-0.05, 0) is 48.9 Å². The van der Waals surface area contributed by atoms with E-state index in [2.05, 4.69) is 36.2 Å². The quantitative estimate of drug-likeness (QED) is 0.737. The largest absolute Gasteiger partial charge is 0.343 e. The number of benzene rings is 2. The maximum atomic E-state index is 12.6. The van der Waals surface area contributed by atoms with Gasteiger partial charge in [-0.25, -0.2) is 4.79 Å². The molecule has 0 bridgehead atoms. The molecule has 1 aliphatic rings. The third kappa shape index (κ3) is 3.75. The highest BCUT2D eigenvalue weighted by Crippen LogP contribution is 2.25. The maximum absolute atomic E-state index is 12.6. The van der Waals surface area contributed by atoms with E-state index in [0.29, 0.717) is 19.5 Å². The lowest BCUT2D eigenvalue weighted by atomic mass is 10.0. The van der Waals surface area contributed by atoms with Crippen molar-refractivity contribution in [3.8, 4) is 0 Å². The Morgan fingerprint density at radius 1 is 1.04 bits per heavy atom. The highest BCUT2D eigenvalue weighted by atomic mass is 16.2. The summed E-state index contributed by atoms with van der Waals surface area (Å²) in [5, 5.41) is 0. The Balaban J connectivity index is 1.35. The molecule has 28 heavy (non-hydrogen) atoms. The number of hydrogen-bond acceptors (Lipinski definition) is 2. The van der Waals surface area contributed by atoms with Gasteiger partial charge in [0.25, 0.3) is 0 Å². The van der Waals surface area contributed by atoms with Crippen LogP contribution in [0.5, 0.6) is 0 Å². The zero-order valence-corrected chi connectivity index (χ0v) is 16.4. The number of rotatable bonds is 5. The van der Waals surface area contributed by atoms with Crippen molar-refractivity contribution in [2.75, 3.05) is 13.1 Å². The van der Waals surface area contributed by atoms with Gasteiger partial charge in [-0.2, -0.15) is 0 Å². The van der Waals surface area contributed by atoms with E-state index in [1.54, 1.807) is 0 Å². The Kier molecular flexibility index (Phi) is 5.33. The fourth-order valence-electron chi connectivity index (χ4n) is 4.16. The normalized spacial score (nSPS) is 15.2. The lowest BCUT2D eigenvalue weighted by Gasteiger charge is -2.32. The molecule has 0 saturated carbocycles. The van der Waals surface area contributed by atoms with Crippen LogP contribution >= 0.6 is 0 Å². The van der Waals surface area contributed by atoms with Crippen LogP contribution < -0.4 is 5.69 Å². The molecule has 4 rings (SSSR count). The van der Waals surface area contributed by atoms with Crippen LogP contribution in [0.2, 0.25) is 0 Å². The number of hydrogen-bond donors (Lipinski definition) is 1. The Labute approximate surface area is 165 Å². The molecule has 2 heterocycles. The number of H-pyrrole nitrogens is 1. The Morgan fingerprint density at radius 3 is 2.43 bits per heavy atom. The third-order valence-electron chi connectivity index (χ3n) is 5.87. The number of carbonyl (C=O) groups excluding carboxylic acids is 1. The van der Waals surface area contributed by atoms with E-state index in [9.17, 15) is 9.59 Å². The monoisotopic (exact) mass is 377 g/mol. The Bertz CT molecular complexity index is 1010. The number of fused-ring (bicyclic) bond motifs is 1. The van der Waals surface area contributed by atoms with Crippen molar-refractivity contribution >= 4 is 16.9 Å². The highest BCUT2D eigenvalue weighted by molar-refractivity contribution is 5.77. The van der Waals surface area contributed by atoms with Gasteiger partial charge < -0.3 is 9.88 Å². The SMILES string of the molecule is CCc1ccc(CCC(=O)N2CCC(n3c(=O)[nH]c4ccccc43)CC2)cc1. The number of likely N-dealkylation sites (tertiary alicyclic amines) is 1. The first-order chi connectivity index (χ1) is 13.7. The number of para-hydroxylation sites is 2. The summed E-state index contributed by atoms with van der Waals surface area (Å²) in [5.74, 6) is 0.212. The molecule has 5 heteroatoms. The van der Waals surface area contributed by atoms with Crippen LogP contribution in [0.15, 0.2) is 53.3 Å². The Morgan fingerprint density at radius 2 is 1.71 bits per heavy atom. The van der Waals surface area contributed by atoms with Crippen LogP contribution in [-0.4, -0.2) is 33.4 Å². The highest BCUT2D eigenvalue weighted by Gasteiger charge is 2.25. The molecule has 1 aromatic heterocycles. The van der Waals surface area contributed by atoms with Gasteiger partial charge in [-0.1, -0.05) is 43.3 Å². The van der Waals surface area contributed by atoms with Crippen LogP contribution in [0.25, 0.3) is 11.0 Å². The van der Waals surface area contributed by atoms with Crippen molar-refractivity contribution in [1.29, 1.82) is 0 Å². The molecule has 1 saturated heterocycles. The van der Waals surface area contributed by atoms with Crippen LogP contribution in [0.3, 0.4) is 0 Å². The number of nitrogens with one attached hydrogen (secondary N) is 1. The summed E-state index contributed by atoms with van der Waals surface area (Å²) >= 11 is 0. The molecule has 3 aromatic rings. The molecule has 0 unspecified atom stereocenters. The number of nitrogens with zero attached hydrogens (tertiary/aromatic N) is 2. The predicted octanol–water partition coefficient (Wildman–Crippen LogP) is 3.69. The van der Waals surface area contributed by atoms with Gasteiger partial charge in [0.1, 0.15) is 0 Å². The van der Waals surface area contributed by atoms with Crippen molar-refractivity contribution in [1.82, 2.24) is 14.5 Å². The summed E-state index contributed by atoms with van der Waals surface area (Å²) in [5.41, 5.74) is 4.31. The molecule has 2 aromatic carbocycles. The van der Waals surface area contributed by atoms with Crippen molar-refractivity contribution < 1.29 is 4.79 Å². The number of amides is 1. The van der Waals surface area contributed by atoms with E-state index < -0.39 is 0 Å². The lowest BCUT2D eigenvalue weighted by Crippen LogP contribution is -2.40. The van der Waals surface area contributed by atoms with E-state index in [1.807, 2.05) is 33.7 Å². The number of carbonyl (C=O) groups is 1. The third-order valence-corrected chi connectivity index (χ3v) is 5.87. The van der Waals surface area contributed by atoms with Gasteiger partial charge in [-0.3, -0.25) is 9.36 Å². The Hall–Kier alpha value is -2.82. The van der Waals surface area contributed by atoms with Crippen LogP contribution in [0, 0.1) is 0 Å². The van der Waals surface area contributed by atoms with Crippen LogP contribution in [0.4, 0.5) is 0 Å². The number of aromatic nitrogens is 2. The molecular weight excluding hydrogens is 350 g/mol. The summed E-state index contributed by atoms with van der Waals surface area (Å²) in [4.78, 5) is 29.9. The first-order valence-electron chi connectivity index (χ1n) is 10.2. The lowest BCUT2D eigenvalue weighted by molar-refractivity contribution is -0.132. The van der Waals surface area contributed by atoms with Gasteiger partial charge >= 0.3 is 5.69 Å². The fraction of sp³-hybridized carbons (Fsp3) is 0.391. The zero-order valence-electron chi connectivity index (χ0n) is 16.4. The first kappa shape index (κ1) is 18.5. The van der Waals surface area contributed by atoms with Gasteiger partial charge in [0.05, 0.1) is 11.0 Å². The minimum atomic E-state index is -0.0542. The van der Waals surface area contributed by atoms with E-state index in [0.717, 1.165) is 36.7 Å². The topological polar surface area (TPSA) is 58.1 Å². The standard InChI is InChI=1S/C23H27N3O2/c1-2-17-7-9-18(10-8-17)11-12-22(27)25-15-13-19(14-16-25)26-21-6-4-3-5-20(21)24-23(26)28/h3-10,19H,2,11-16H2,1H3,(H,24,28). The fourth-order valence-corrected chi connectivity index (χ4v) is 4.16. The number of imidazole rings is 1. The molecule has 0 atom stereocenters. The van der Waals surface area contributed by atoms with E-state index in [1.165, 1.54) is 11.1 Å². The second kappa shape index (κ2) is 8.05. The van der Waals surface area contributed by atoms with Gasteiger partial charge in [-0.15, -0.1) is 0 Å². The van der Waals surface area contributed by atoms with Gasteiger partial charge in [0.2, 0.25) is 5.91 Å². The molecule has 0 spiro atoms. The molecule has 0 aliphatic carbocycles. The summed E-state index contributed by atoms with van der Waals surface area (Å²) < 4.78 is 1.87. The summed E-state index contributed by atoms with van der Waals surface area (Å²) in [7, 11) is 0. The maximum Gasteiger partial charge on any atom is 0.326 e. The number of aromatic amines is 1. The number of piperidine rings is 1. The molecule has 1 aliphatic heterocycles. The predicted molar refractivity (Wildman–Crippen MR) is 112 cm³/mol. The molecule has 1 amide bonds. The molecule has 146 valence electrons. The van der Waals surface area contributed by atoms with Crippen LogP contribution in [-0.2, 0) is 17.6 Å². The summed E-state index contributed by atoms with van der Waals surface area (Å²) in [6.07, 6.45) is 4.00. The van der Waals surface area contributed by atoms with Gasteiger partial charge in [0, 0.05) is 25.6 Å². The summed E-state index contributed by atoms with van der Waals surface area (Å²) in [6.45, 7) is 3.57. The van der Waals surface area contributed by atoms with E-state index in [-0.39, 0.29) is 17.6 Å². The van der Waals surface area contributed by atoms with E-state index in [4.69, 9.17) is 0 Å². The van der Waals surface area contributed by atoms with Crippen LogP contribution in [0.1, 0.15) is 43.4 Å². The number of aryl methyl sites for hydroxylation is 2. The van der Waals surface area contributed by atoms with Crippen molar-refractivity contribution in [2.45, 2.75) is 45.1 Å². The van der Waals surface area contributed by atoms with Crippen molar-refractivity contribution in [2.24, 2.45) is 0 Å². The smallest absolute Gasteiger partial charge is 0.326 e. The molecular formula is C23H27N3O2. The first-order valence-corrected chi connectivity index (χ1v) is 10.2. The molecule has 1 fully saturated rings. The average Bonchev–Trinajstić information content (AvgIpc) is 3.08. The average molecular weight is 377 g/mol. The minimum absolute atomic E-state index is 0.0542. The minimum Gasteiger partial charge on any atom is -0.343 e.